The van der Waals surface area contributed by atoms with Gasteiger partial charge in [0.1, 0.15) is 28.7 Å². The molecular formula is C24H21F2N3O4S. The zero-order valence-electron chi connectivity index (χ0n) is 18.1. The topological polar surface area (TPSA) is 75.9 Å². The number of hydrogen-bond acceptors (Lipinski definition) is 7. The predicted octanol–water partition coefficient (Wildman–Crippen LogP) is 4.05. The molecule has 34 heavy (non-hydrogen) atoms. The van der Waals surface area contributed by atoms with Crippen LogP contribution in [0.25, 0.3) is 21.2 Å². The largest absolute Gasteiger partial charge is 0.463 e. The number of amides is 1. The van der Waals surface area contributed by atoms with Crippen molar-refractivity contribution in [3.05, 3.63) is 70.1 Å². The number of para-hydroxylation sites is 1. The second kappa shape index (κ2) is 9.57. The molecule has 2 aromatic carbocycles. The summed E-state index contributed by atoms with van der Waals surface area (Å²) < 4.78 is 39.2. The van der Waals surface area contributed by atoms with Gasteiger partial charge < -0.3 is 9.15 Å². The molecule has 2 aromatic heterocycles. The van der Waals surface area contributed by atoms with Crippen LogP contribution in [0, 0.1) is 11.6 Å². The van der Waals surface area contributed by atoms with Gasteiger partial charge in [0, 0.05) is 32.2 Å². The molecule has 0 atom stereocenters. The van der Waals surface area contributed by atoms with Crippen molar-refractivity contribution in [2.45, 2.75) is 6.42 Å². The van der Waals surface area contributed by atoms with Crippen LogP contribution in [-0.2, 0) is 4.74 Å². The number of carbonyl (C=O) groups is 1. The van der Waals surface area contributed by atoms with E-state index in [-0.39, 0.29) is 27.5 Å². The number of hydrogen-bond donors (Lipinski definition) is 0. The Hall–Kier alpha value is -3.21. The van der Waals surface area contributed by atoms with Crippen molar-refractivity contribution in [2.24, 2.45) is 0 Å². The van der Waals surface area contributed by atoms with Crippen molar-refractivity contribution in [3.63, 3.8) is 0 Å². The van der Waals surface area contributed by atoms with Crippen LogP contribution < -0.4 is 10.3 Å². The summed E-state index contributed by atoms with van der Waals surface area (Å²) in [6.07, 6.45) is 1.74. The van der Waals surface area contributed by atoms with E-state index in [0.717, 1.165) is 36.8 Å². The maximum Gasteiger partial charge on any atom is 0.267 e. The molecule has 0 radical (unpaired) electrons. The highest BCUT2D eigenvalue weighted by atomic mass is 32.1. The first-order valence-electron chi connectivity index (χ1n) is 10.9. The summed E-state index contributed by atoms with van der Waals surface area (Å²) in [5, 5.41) is 0.484. The maximum absolute atomic E-state index is 14.3. The molecule has 0 aliphatic carbocycles. The highest BCUT2D eigenvalue weighted by Gasteiger charge is 2.26. The molecule has 1 aliphatic rings. The summed E-state index contributed by atoms with van der Waals surface area (Å²) in [5.41, 5.74) is -0.238. The van der Waals surface area contributed by atoms with Crippen LogP contribution in [0.1, 0.15) is 16.8 Å². The van der Waals surface area contributed by atoms with Crippen molar-refractivity contribution in [1.82, 2.24) is 9.88 Å². The van der Waals surface area contributed by atoms with Gasteiger partial charge in [-0.25, -0.2) is 13.8 Å². The Labute approximate surface area is 197 Å². The summed E-state index contributed by atoms with van der Waals surface area (Å²) in [6, 6.07) is 8.61. The fourth-order valence-corrected chi connectivity index (χ4v) is 5.02. The summed E-state index contributed by atoms with van der Waals surface area (Å²) >= 11 is 1.000. The van der Waals surface area contributed by atoms with E-state index >= 15 is 0 Å². The zero-order valence-corrected chi connectivity index (χ0v) is 18.9. The molecule has 176 valence electrons. The Morgan fingerprint density at radius 3 is 2.79 bits per heavy atom. The number of anilines is 1. The zero-order chi connectivity index (χ0) is 23.7. The van der Waals surface area contributed by atoms with E-state index in [4.69, 9.17) is 9.15 Å². The third kappa shape index (κ3) is 4.44. The summed E-state index contributed by atoms with van der Waals surface area (Å²) in [6.45, 7) is 3.87. The van der Waals surface area contributed by atoms with Crippen LogP contribution in [0.2, 0.25) is 0 Å². The SMILES string of the molecule is O=C(c1coc2ccccc2c1=O)N(CCCN1CCOCC1)c1nc2c(F)cc(F)cc2s1. The third-order valence-electron chi connectivity index (χ3n) is 5.75. The van der Waals surface area contributed by atoms with Crippen LogP contribution in [0.3, 0.4) is 0 Å². The van der Waals surface area contributed by atoms with Crippen LogP contribution >= 0.6 is 11.3 Å². The lowest BCUT2D eigenvalue weighted by molar-refractivity contribution is 0.0376. The van der Waals surface area contributed by atoms with Gasteiger partial charge in [0.15, 0.2) is 10.9 Å². The van der Waals surface area contributed by atoms with Gasteiger partial charge in [-0.05, 0) is 24.6 Å². The fraction of sp³-hybridized carbons (Fsp3) is 0.292. The van der Waals surface area contributed by atoms with Crippen molar-refractivity contribution in [3.8, 4) is 0 Å². The lowest BCUT2D eigenvalue weighted by atomic mass is 10.1. The van der Waals surface area contributed by atoms with E-state index in [1.807, 2.05) is 0 Å². The van der Waals surface area contributed by atoms with Gasteiger partial charge in [0.05, 0.1) is 23.3 Å². The lowest BCUT2D eigenvalue weighted by Crippen LogP contribution is -2.40. The third-order valence-corrected chi connectivity index (χ3v) is 6.77. The number of carbonyl (C=O) groups excluding carboxylic acids is 1. The summed E-state index contributed by atoms with van der Waals surface area (Å²) in [5.74, 6) is -2.12. The van der Waals surface area contributed by atoms with Gasteiger partial charge >= 0.3 is 0 Å². The lowest BCUT2D eigenvalue weighted by Gasteiger charge is -2.27. The van der Waals surface area contributed by atoms with Gasteiger partial charge in [0.2, 0.25) is 5.43 Å². The maximum atomic E-state index is 14.3. The fourth-order valence-electron chi connectivity index (χ4n) is 3.99. The molecule has 1 aliphatic heterocycles. The number of thiazole rings is 1. The number of morpholine rings is 1. The van der Waals surface area contributed by atoms with Gasteiger partial charge in [-0.15, -0.1) is 0 Å². The Bertz CT molecular complexity index is 1410. The number of aromatic nitrogens is 1. The highest BCUT2D eigenvalue weighted by Crippen LogP contribution is 2.32. The molecule has 1 fully saturated rings. The van der Waals surface area contributed by atoms with Crippen LogP contribution in [0.4, 0.5) is 13.9 Å². The first-order valence-corrected chi connectivity index (χ1v) is 11.7. The van der Waals surface area contributed by atoms with Gasteiger partial charge in [0.25, 0.3) is 5.91 Å². The van der Waals surface area contributed by atoms with Crippen LogP contribution in [0.5, 0.6) is 0 Å². The van der Waals surface area contributed by atoms with Gasteiger partial charge in [-0.2, -0.15) is 0 Å². The molecule has 1 saturated heterocycles. The van der Waals surface area contributed by atoms with Crippen LogP contribution in [-0.4, -0.2) is 55.2 Å². The minimum absolute atomic E-state index is 0.0158. The Morgan fingerprint density at radius 2 is 1.97 bits per heavy atom. The highest BCUT2D eigenvalue weighted by molar-refractivity contribution is 7.22. The molecule has 0 N–H and O–H groups in total. The van der Waals surface area contributed by atoms with E-state index in [2.05, 4.69) is 9.88 Å². The quantitative estimate of drug-likeness (QED) is 0.410. The second-order valence-corrected chi connectivity index (χ2v) is 8.98. The number of ether oxygens (including phenoxy) is 1. The molecule has 7 nitrogen and oxygen atoms in total. The Morgan fingerprint density at radius 1 is 1.18 bits per heavy atom. The average molecular weight is 486 g/mol. The number of benzene rings is 2. The van der Waals surface area contributed by atoms with Crippen LogP contribution in [0.15, 0.2) is 51.9 Å². The molecule has 0 bridgehead atoms. The minimum Gasteiger partial charge on any atom is -0.463 e. The number of fused-ring (bicyclic) bond motifs is 2. The smallest absolute Gasteiger partial charge is 0.267 e. The first-order chi connectivity index (χ1) is 16.5. The first kappa shape index (κ1) is 22.6. The summed E-state index contributed by atoms with van der Waals surface area (Å²) in [4.78, 5) is 34.4. The number of rotatable bonds is 6. The van der Waals surface area contributed by atoms with E-state index in [0.29, 0.717) is 37.1 Å². The van der Waals surface area contributed by atoms with E-state index < -0.39 is 23.0 Å². The van der Waals surface area contributed by atoms with E-state index in [1.54, 1.807) is 24.3 Å². The van der Waals surface area contributed by atoms with Crippen molar-refractivity contribution < 1.29 is 22.7 Å². The second-order valence-electron chi connectivity index (χ2n) is 7.97. The Balaban J connectivity index is 1.49. The molecule has 10 heteroatoms. The number of halogens is 2. The Kier molecular flexibility index (Phi) is 6.36. The normalized spacial score (nSPS) is 14.6. The van der Waals surface area contributed by atoms with Crippen molar-refractivity contribution in [2.75, 3.05) is 44.3 Å². The minimum atomic E-state index is -0.802. The molecule has 0 unspecified atom stereocenters. The molecule has 0 saturated carbocycles. The van der Waals surface area contributed by atoms with Gasteiger partial charge in [-0.1, -0.05) is 23.5 Å². The molecular weight excluding hydrogens is 464 g/mol. The predicted molar refractivity (Wildman–Crippen MR) is 126 cm³/mol. The molecule has 0 spiro atoms. The van der Waals surface area contributed by atoms with Crippen molar-refractivity contribution in [1.29, 1.82) is 0 Å². The summed E-state index contributed by atoms with van der Waals surface area (Å²) in [7, 11) is 0. The standard InChI is InChI=1S/C24H21F2N3O4S/c25-15-12-18(26)21-20(13-15)34-24(27-21)29(7-3-6-28-8-10-32-11-9-28)23(31)17-14-33-19-5-2-1-4-16(19)22(17)30/h1-2,4-5,12-14H,3,6-11H2. The molecule has 3 heterocycles. The molecule has 1 amide bonds. The van der Waals surface area contributed by atoms with E-state index in [1.165, 1.54) is 11.0 Å². The van der Waals surface area contributed by atoms with Crippen molar-refractivity contribution >= 4 is 43.6 Å². The van der Waals surface area contributed by atoms with E-state index in [9.17, 15) is 18.4 Å². The monoisotopic (exact) mass is 485 g/mol. The molecule has 5 rings (SSSR count). The van der Waals surface area contributed by atoms with Gasteiger partial charge in [-0.3, -0.25) is 19.4 Å². The number of nitrogens with zero attached hydrogens (tertiary/aromatic N) is 3. The molecule has 4 aromatic rings. The average Bonchev–Trinajstić information content (AvgIpc) is 3.26.